The number of ether oxygens (including phenoxy) is 1. The predicted octanol–water partition coefficient (Wildman–Crippen LogP) is 3.61. The Morgan fingerprint density at radius 2 is 1.68 bits per heavy atom. The summed E-state index contributed by atoms with van der Waals surface area (Å²) in [5.41, 5.74) is 2.67. The van der Waals surface area contributed by atoms with Crippen LogP contribution >= 0.6 is 0 Å². The van der Waals surface area contributed by atoms with Crippen molar-refractivity contribution >= 4 is 23.3 Å². The lowest BCUT2D eigenvalue weighted by Crippen LogP contribution is -2.27. The minimum atomic E-state index is -0.294. The number of amides is 2. The minimum absolute atomic E-state index is 0.0480. The molecule has 0 saturated heterocycles. The average molecular weight is 414 g/mol. The van der Waals surface area contributed by atoms with E-state index >= 15 is 0 Å². The van der Waals surface area contributed by atoms with Gasteiger partial charge in [-0.2, -0.15) is 0 Å². The molecule has 0 aromatic heterocycles. The molecule has 31 heavy (non-hydrogen) atoms. The van der Waals surface area contributed by atoms with Crippen molar-refractivity contribution in [3.8, 4) is 5.75 Å². The lowest BCUT2D eigenvalue weighted by atomic mass is 9.97. The summed E-state index contributed by atoms with van der Waals surface area (Å²) in [7, 11) is 0. The Balaban J connectivity index is 1.45. The topological polar surface area (TPSA) is 84.5 Å². The van der Waals surface area contributed by atoms with Gasteiger partial charge in [-0.1, -0.05) is 48.5 Å². The minimum Gasteiger partial charge on any atom is -0.482 e. The molecule has 6 heteroatoms. The third kappa shape index (κ3) is 4.80. The van der Waals surface area contributed by atoms with Crippen molar-refractivity contribution in [3.63, 3.8) is 0 Å². The Hall–Kier alpha value is -3.93. The molecule has 0 spiro atoms. The Labute approximate surface area is 180 Å². The SMILES string of the molecule is O=C1COc2ccc(C(=O)c3ccccc3C(=O)NCCCc3ccccc3)cc2N1. The molecule has 2 N–H and O–H groups in total. The number of nitrogens with one attached hydrogen (secondary N) is 2. The van der Waals surface area contributed by atoms with Crippen molar-refractivity contribution in [2.45, 2.75) is 12.8 Å². The first-order valence-corrected chi connectivity index (χ1v) is 10.1. The first-order valence-electron chi connectivity index (χ1n) is 10.1. The molecule has 1 heterocycles. The lowest BCUT2D eigenvalue weighted by Gasteiger charge is -2.18. The number of carbonyl (C=O) groups excluding carboxylic acids is 3. The van der Waals surface area contributed by atoms with Crippen LogP contribution in [-0.2, 0) is 11.2 Å². The quantitative estimate of drug-likeness (QED) is 0.457. The largest absolute Gasteiger partial charge is 0.482 e. The van der Waals surface area contributed by atoms with Gasteiger partial charge in [0.15, 0.2) is 12.4 Å². The van der Waals surface area contributed by atoms with E-state index in [1.165, 1.54) is 5.56 Å². The van der Waals surface area contributed by atoms with E-state index in [-0.39, 0.29) is 24.2 Å². The summed E-state index contributed by atoms with van der Waals surface area (Å²) in [6.45, 7) is 0.464. The summed E-state index contributed by atoms with van der Waals surface area (Å²) in [6.07, 6.45) is 1.67. The smallest absolute Gasteiger partial charge is 0.262 e. The summed E-state index contributed by atoms with van der Waals surface area (Å²) in [4.78, 5) is 37.4. The van der Waals surface area contributed by atoms with Gasteiger partial charge in [-0.3, -0.25) is 14.4 Å². The molecule has 1 aliphatic heterocycles. The number of ketones is 1. The van der Waals surface area contributed by atoms with E-state index in [1.54, 1.807) is 42.5 Å². The number of anilines is 1. The molecule has 3 aromatic rings. The lowest BCUT2D eigenvalue weighted by molar-refractivity contribution is -0.118. The van der Waals surface area contributed by atoms with E-state index in [2.05, 4.69) is 22.8 Å². The monoisotopic (exact) mass is 414 g/mol. The highest BCUT2D eigenvalue weighted by molar-refractivity contribution is 6.16. The summed E-state index contributed by atoms with van der Waals surface area (Å²) < 4.78 is 5.34. The van der Waals surface area contributed by atoms with Crippen LogP contribution in [-0.4, -0.2) is 30.7 Å². The first-order chi connectivity index (χ1) is 15.1. The second kappa shape index (κ2) is 9.26. The van der Waals surface area contributed by atoms with E-state index in [4.69, 9.17) is 4.74 Å². The van der Waals surface area contributed by atoms with E-state index in [1.807, 2.05) is 18.2 Å². The van der Waals surface area contributed by atoms with Crippen molar-refractivity contribution < 1.29 is 19.1 Å². The molecular formula is C25H22N2O4. The van der Waals surface area contributed by atoms with Crippen LogP contribution in [0.1, 0.15) is 38.3 Å². The standard InChI is InChI=1S/C25H22N2O4/c28-23-16-31-22-13-12-18(15-21(22)27-23)24(29)19-10-4-5-11-20(19)25(30)26-14-6-9-17-7-2-1-3-8-17/h1-5,7-8,10-13,15H,6,9,14,16H2,(H,26,30)(H,27,28). The Morgan fingerprint density at radius 3 is 2.48 bits per heavy atom. The average Bonchev–Trinajstić information content (AvgIpc) is 2.81. The molecule has 0 radical (unpaired) electrons. The third-order valence-electron chi connectivity index (χ3n) is 5.06. The highest BCUT2D eigenvalue weighted by atomic mass is 16.5. The number of hydrogen-bond acceptors (Lipinski definition) is 4. The van der Waals surface area contributed by atoms with Crippen molar-refractivity contribution in [2.75, 3.05) is 18.5 Å². The normalized spacial score (nSPS) is 12.3. The maximum Gasteiger partial charge on any atom is 0.262 e. The van der Waals surface area contributed by atoms with Crippen molar-refractivity contribution in [1.82, 2.24) is 5.32 Å². The number of fused-ring (bicyclic) bond motifs is 1. The van der Waals surface area contributed by atoms with Gasteiger partial charge in [-0.25, -0.2) is 0 Å². The Morgan fingerprint density at radius 1 is 0.935 bits per heavy atom. The van der Waals surface area contributed by atoms with Gasteiger partial charge in [-0.05, 0) is 42.7 Å². The van der Waals surface area contributed by atoms with Crippen molar-refractivity contribution in [1.29, 1.82) is 0 Å². The zero-order chi connectivity index (χ0) is 21.6. The van der Waals surface area contributed by atoms with Gasteiger partial charge in [0.05, 0.1) is 11.3 Å². The van der Waals surface area contributed by atoms with Crippen molar-refractivity contribution in [3.05, 3.63) is 95.1 Å². The summed E-state index contributed by atoms with van der Waals surface area (Å²) in [5.74, 6) is -0.336. The Kier molecular flexibility index (Phi) is 6.08. The first kappa shape index (κ1) is 20.3. The molecule has 0 fully saturated rings. The zero-order valence-corrected chi connectivity index (χ0v) is 16.9. The van der Waals surface area contributed by atoms with Gasteiger partial charge >= 0.3 is 0 Å². The van der Waals surface area contributed by atoms with Crippen LogP contribution in [0.4, 0.5) is 5.69 Å². The molecule has 0 atom stereocenters. The zero-order valence-electron chi connectivity index (χ0n) is 16.9. The van der Waals surface area contributed by atoms with Gasteiger partial charge in [0, 0.05) is 17.7 Å². The van der Waals surface area contributed by atoms with Gasteiger partial charge in [0.25, 0.3) is 11.8 Å². The van der Waals surface area contributed by atoms with Crippen LogP contribution in [0.15, 0.2) is 72.8 Å². The fourth-order valence-electron chi connectivity index (χ4n) is 3.49. The molecule has 0 aliphatic carbocycles. The highest BCUT2D eigenvalue weighted by Gasteiger charge is 2.21. The molecule has 0 bridgehead atoms. The third-order valence-corrected chi connectivity index (χ3v) is 5.06. The maximum atomic E-state index is 13.1. The molecule has 156 valence electrons. The molecule has 0 saturated carbocycles. The molecule has 4 rings (SSSR count). The number of hydrogen-bond donors (Lipinski definition) is 2. The predicted molar refractivity (Wildman–Crippen MR) is 118 cm³/mol. The van der Waals surface area contributed by atoms with Crippen molar-refractivity contribution in [2.24, 2.45) is 0 Å². The number of carbonyl (C=O) groups is 3. The van der Waals surface area contributed by atoms with Crippen LogP contribution in [0.25, 0.3) is 0 Å². The van der Waals surface area contributed by atoms with Crippen LogP contribution in [0, 0.1) is 0 Å². The van der Waals surface area contributed by atoms with E-state index in [9.17, 15) is 14.4 Å². The van der Waals surface area contributed by atoms with Gasteiger partial charge < -0.3 is 15.4 Å². The summed E-state index contributed by atoms with van der Waals surface area (Å²) in [6, 6.07) is 21.7. The van der Waals surface area contributed by atoms with E-state index in [0.29, 0.717) is 34.7 Å². The summed E-state index contributed by atoms with van der Waals surface area (Å²) >= 11 is 0. The van der Waals surface area contributed by atoms with Crippen LogP contribution < -0.4 is 15.4 Å². The van der Waals surface area contributed by atoms with Crippen LogP contribution in [0.2, 0.25) is 0 Å². The summed E-state index contributed by atoms with van der Waals surface area (Å²) in [5, 5.41) is 5.60. The second-order valence-electron chi connectivity index (χ2n) is 7.27. The van der Waals surface area contributed by atoms with Gasteiger partial charge in [0.1, 0.15) is 5.75 Å². The van der Waals surface area contributed by atoms with Crippen LogP contribution in [0.3, 0.4) is 0 Å². The fraction of sp³-hybridized carbons (Fsp3) is 0.160. The number of rotatable bonds is 7. The number of benzene rings is 3. The van der Waals surface area contributed by atoms with Gasteiger partial charge in [-0.15, -0.1) is 0 Å². The highest BCUT2D eigenvalue weighted by Crippen LogP contribution is 2.29. The molecule has 1 aliphatic rings. The van der Waals surface area contributed by atoms with Gasteiger partial charge in [0.2, 0.25) is 0 Å². The molecular weight excluding hydrogens is 392 g/mol. The fourth-order valence-corrected chi connectivity index (χ4v) is 3.49. The molecule has 2 amide bonds. The molecule has 0 unspecified atom stereocenters. The maximum absolute atomic E-state index is 13.1. The van der Waals surface area contributed by atoms with E-state index < -0.39 is 0 Å². The van der Waals surface area contributed by atoms with E-state index in [0.717, 1.165) is 12.8 Å². The number of aryl methyl sites for hydroxylation is 1. The molecule has 6 nitrogen and oxygen atoms in total. The Bertz CT molecular complexity index is 1130. The molecule has 3 aromatic carbocycles. The van der Waals surface area contributed by atoms with Crippen LogP contribution in [0.5, 0.6) is 5.75 Å². The second-order valence-corrected chi connectivity index (χ2v) is 7.27.